The lowest BCUT2D eigenvalue weighted by molar-refractivity contribution is -0.000892. The summed E-state index contributed by atoms with van der Waals surface area (Å²) in [5.41, 5.74) is 2.58. The molecule has 2 heterocycles. The summed E-state index contributed by atoms with van der Waals surface area (Å²) in [7, 11) is 0. The van der Waals surface area contributed by atoms with Gasteiger partial charge in [-0.3, -0.25) is 9.78 Å². The lowest BCUT2D eigenvalue weighted by Gasteiger charge is -2.24. The Labute approximate surface area is 213 Å². The van der Waals surface area contributed by atoms with E-state index in [0.29, 0.717) is 19.8 Å². The molecule has 0 bridgehead atoms. The zero-order valence-electron chi connectivity index (χ0n) is 20.4. The molecule has 36 heavy (non-hydrogen) atoms. The molecule has 0 spiro atoms. The number of halogens is 2. The number of benzene rings is 1. The molecule has 2 aliphatic carbocycles. The van der Waals surface area contributed by atoms with Crippen LogP contribution in [0.25, 0.3) is 11.2 Å². The minimum absolute atomic E-state index is 0.0228. The Hall–Kier alpha value is -2.21. The second kappa shape index (κ2) is 11.5. The molecule has 11 heteroatoms. The third-order valence-corrected chi connectivity index (χ3v) is 7.84. The van der Waals surface area contributed by atoms with Gasteiger partial charge in [-0.15, -0.1) is 0 Å². The lowest BCUT2D eigenvalue weighted by Crippen LogP contribution is -2.21. The number of H-pyrrole nitrogens is 1. The van der Waals surface area contributed by atoms with Gasteiger partial charge < -0.3 is 19.9 Å². The van der Waals surface area contributed by atoms with Crippen molar-refractivity contribution in [3.63, 3.8) is 0 Å². The van der Waals surface area contributed by atoms with Gasteiger partial charge in [-0.05, 0) is 49.8 Å². The summed E-state index contributed by atoms with van der Waals surface area (Å²) >= 11 is 1.64. The fourth-order valence-corrected chi connectivity index (χ4v) is 5.53. The van der Waals surface area contributed by atoms with Crippen molar-refractivity contribution < 1.29 is 23.4 Å². The van der Waals surface area contributed by atoms with E-state index in [4.69, 9.17) is 24.5 Å². The number of thioether (sulfide) groups is 1. The molecule has 0 saturated heterocycles. The van der Waals surface area contributed by atoms with Crippen LogP contribution >= 0.6 is 11.8 Å². The number of nitrogens with zero attached hydrogens (tertiary/aromatic N) is 3. The Morgan fingerprint density at radius 1 is 1.17 bits per heavy atom. The minimum Gasteiger partial charge on any atom is -0.394 e. The van der Waals surface area contributed by atoms with Crippen LogP contribution in [0.3, 0.4) is 0 Å². The summed E-state index contributed by atoms with van der Waals surface area (Å²) in [5, 5.41) is 16.5. The SMILES string of the molecule is CCCSc1nc(NC2CC2c2ccc(F)c(F)c2)c2[nH]n(C3CCC(OCCOCCO)C3)c2n1. The average molecular weight is 522 g/mol. The number of fused-ring (bicyclic) bond motifs is 1. The van der Waals surface area contributed by atoms with Crippen molar-refractivity contribution in [2.75, 3.05) is 37.5 Å². The quantitative estimate of drug-likeness (QED) is 0.171. The van der Waals surface area contributed by atoms with Crippen molar-refractivity contribution in [1.29, 1.82) is 0 Å². The third-order valence-electron chi connectivity index (χ3n) is 6.79. The molecule has 4 atom stereocenters. The summed E-state index contributed by atoms with van der Waals surface area (Å²) in [4.78, 5) is 9.59. The van der Waals surface area contributed by atoms with Gasteiger partial charge in [0.15, 0.2) is 28.3 Å². The number of hydrogen-bond donors (Lipinski definition) is 3. The van der Waals surface area contributed by atoms with E-state index in [1.54, 1.807) is 17.8 Å². The van der Waals surface area contributed by atoms with Crippen LogP contribution in [0.2, 0.25) is 0 Å². The van der Waals surface area contributed by atoms with Crippen molar-refractivity contribution in [3.05, 3.63) is 35.4 Å². The molecule has 5 rings (SSSR count). The van der Waals surface area contributed by atoms with E-state index in [2.05, 4.69) is 22.0 Å². The number of rotatable bonds is 13. The monoisotopic (exact) mass is 521 g/mol. The fraction of sp³-hybridized carbons (Fsp3) is 0.600. The van der Waals surface area contributed by atoms with Crippen LogP contribution in [-0.2, 0) is 9.47 Å². The first-order valence-electron chi connectivity index (χ1n) is 12.7. The fourth-order valence-electron chi connectivity index (χ4n) is 4.84. The van der Waals surface area contributed by atoms with Crippen LogP contribution in [0.15, 0.2) is 23.4 Å². The van der Waals surface area contributed by atoms with Crippen molar-refractivity contribution in [2.45, 2.75) is 68.3 Å². The first kappa shape index (κ1) is 25.4. The number of nitrogens with one attached hydrogen (secondary N) is 2. The molecule has 2 aliphatic rings. The van der Waals surface area contributed by atoms with Crippen molar-refractivity contribution >= 4 is 28.7 Å². The number of hydrogen-bond acceptors (Lipinski definition) is 7. The Bertz CT molecular complexity index is 1170. The maximum atomic E-state index is 13.7. The minimum atomic E-state index is -0.822. The van der Waals surface area contributed by atoms with E-state index >= 15 is 0 Å². The number of ether oxygens (including phenoxy) is 2. The number of anilines is 1. The molecular formula is C25H33F2N5O3S. The summed E-state index contributed by atoms with van der Waals surface area (Å²) in [6, 6.07) is 4.54. The van der Waals surface area contributed by atoms with Crippen molar-refractivity contribution in [1.82, 2.24) is 19.7 Å². The second-order valence-electron chi connectivity index (χ2n) is 9.45. The highest BCUT2D eigenvalue weighted by Gasteiger charge is 2.40. The van der Waals surface area contributed by atoms with E-state index in [1.165, 1.54) is 12.1 Å². The first-order chi connectivity index (χ1) is 17.6. The molecule has 196 valence electrons. The van der Waals surface area contributed by atoms with Gasteiger partial charge in [0.25, 0.3) is 0 Å². The molecule has 0 amide bonds. The van der Waals surface area contributed by atoms with Gasteiger partial charge in [0, 0.05) is 17.7 Å². The van der Waals surface area contributed by atoms with Crippen LogP contribution < -0.4 is 5.32 Å². The highest BCUT2D eigenvalue weighted by molar-refractivity contribution is 7.99. The van der Waals surface area contributed by atoms with Crippen LogP contribution in [0, 0.1) is 11.6 Å². The normalized spacial score (nSPS) is 23.6. The Kier molecular flexibility index (Phi) is 8.09. The van der Waals surface area contributed by atoms with Gasteiger partial charge in [-0.1, -0.05) is 24.8 Å². The van der Waals surface area contributed by atoms with E-state index in [-0.39, 0.29) is 30.7 Å². The molecule has 4 unspecified atom stereocenters. The van der Waals surface area contributed by atoms with E-state index < -0.39 is 11.6 Å². The zero-order valence-corrected chi connectivity index (χ0v) is 21.2. The van der Waals surface area contributed by atoms with Crippen molar-refractivity contribution in [3.8, 4) is 0 Å². The Morgan fingerprint density at radius 2 is 2.06 bits per heavy atom. The zero-order chi connectivity index (χ0) is 25.1. The Balaban J connectivity index is 1.26. The number of aliphatic hydroxyl groups is 1. The molecule has 3 N–H and O–H groups in total. The van der Waals surface area contributed by atoms with E-state index in [9.17, 15) is 8.78 Å². The summed E-state index contributed by atoms with van der Waals surface area (Å²) in [6.07, 6.45) is 4.92. The molecule has 8 nitrogen and oxygen atoms in total. The predicted molar refractivity (Wildman–Crippen MR) is 135 cm³/mol. The maximum Gasteiger partial charge on any atom is 0.191 e. The summed E-state index contributed by atoms with van der Waals surface area (Å²) in [5.74, 6) is 0.193. The number of aromatic amines is 1. The molecule has 1 aromatic carbocycles. The molecule has 2 aromatic heterocycles. The molecular weight excluding hydrogens is 488 g/mol. The lowest BCUT2D eigenvalue weighted by atomic mass is 10.1. The molecule has 0 aliphatic heterocycles. The number of aliphatic hydroxyl groups excluding tert-OH is 1. The average Bonchev–Trinajstić information content (AvgIpc) is 3.47. The molecule has 2 fully saturated rings. The summed E-state index contributed by atoms with van der Waals surface area (Å²) in [6.45, 7) is 3.50. The van der Waals surface area contributed by atoms with Gasteiger partial charge >= 0.3 is 0 Å². The van der Waals surface area contributed by atoms with E-state index in [1.807, 2.05) is 0 Å². The Morgan fingerprint density at radius 3 is 2.86 bits per heavy atom. The highest BCUT2D eigenvalue weighted by Crippen LogP contribution is 2.44. The second-order valence-corrected chi connectivity index (χ2v) is 10.5. The van der Waals surface area contributed by atoms with Gasteiger partial charge in [-0.25, -0.2) is 18.7 Å². The van der Waals surface area contributed by atoms with Crippen LogP contribution in [0.4, 0.5) is 14.6 Å². The van der Waals surface area contributed by atoms with Crippen LogP contribution in [0.5, 0.6) is 0 Å². The van der Waals surface area contributed by atoms with Crippen molar-refractivity contribution in [2.24, 2.45) is 0 Å². The van der Waals surface area contributed by atoms with Gasteiger partial charge in [0.1, 0.15) is 5.52 Å². The molecule has 2 saturated carbocycles. The first-order valence-corrected chi connectivity index (χ1v) is 13.7. The van der Waals surface area contributed by atoms with E-state index in [0.717, 1.165) is 65.6 Å². The van der Waals surface area contributed by atoms with Gasteiger partial charge in [0.05, 0.1) is 38.6 Å². The smallest absolute Gasteiger partial charge is 0.191 e. The standard InChI is InChI=1S/C25H33F2N5O3S/c1-2-11-36-25-29-23(28-21-14-18(21)15-3-6-19(26)20(27)12-15)22-24(30-25)32(31-22)16-4-5-17(13-16)35-10-9-34-8-7-33/h3,6,12,16-18,21,31,33H,2,4-5,7-11,13-14H2,1H3,(H,28,29,30). The van der Waals surface area contributed by atoms with Crippen LogP contribution in [-0.4, -0.2) is 69.2 Å². The highest BCUT2D eigenvalue weighted by atomic mass is 32.2. The number of aromatic nitrogens is 4. The maximum absolute atomic E-state index is 13.7. The largest absolute Gasteiger partial charge is 0.394 e. The molecule has 3 aromatic rings. The molecule has 0 radical (unpaired) electrons. The van der Waals surface area contributed by atoms with Crippen LogP contribution in [0.1, 0.15) is 56.6 Å². The topological polar surface area (TPSA) is 97.2 Å². The predicted octanol–water partition coefficient (Wildman–Crippen LogP) is 4.63. The van der Waals surface area contributed by atoms with Gasteiger partial charge in [-0.2, -0.15) is 0 Å². The summed E-state index contributed by atoms with van der Waals surface area (Å²) < 4.78 is 40.4. The van der Waals surface area contributed by atoms with Gasteiger partial charge in [0.2, 0.25) is 0 Å². The third kappa shape index (κ3) is 5.69.